The molecule has 0 aromatic carbocycles. The van der Waals surface area contributed by atoms with E-state index in [-0.39, 0.29) is 36.4 Å². The molecule has 0 bridgehead atoms. The maximum atomic E-state index is 11.8. The van der Waals surface area contributed by atoms with Gasteiger partial charge in [0.15, 0.2) is 5.96 Å². The van der Waals surface area contributed by atoms with E-state index in [4.69, 9.17) is 0 Å². The van der Waals surface area contributed by atoms with Crippen LogP contribution in [0.25, 0.3) is 0 Å². The van der Waals surface area contributed by atoms with E-state index in [1.807, 2.05) is 0 Å². The van der Waals surface area contributed by atoms with Crippen LogP contribution in [0.5, 0.6) is 0 Å². The van der Waals surface area contributed by atoms with Gasteiger partial charge in [-0.15, -0.1) is 24.0 Å². The number of nitrogens with zero attached hydrogens (tertiary/aromatic N) is 2. The molecule has 0 unspecified atom stereocenters. The third kappa shape index (κ3) is 7.72. The predicted octanol–water partition coefficient (Wildman–Crippen LogP) is 2.75. The topological polar surface area (TPSA) is 56.7 Å². The molecule has 23 heavy (non-hydrogen) atoms. The van der Waals surface area contributed by atoms with Gasteiger partial charge in [-0.05, 0) is 31.6 Å². The molecule has 0 radical (unpaired) electrons. The van der Waals surface area contributed by atoms with E-state index >= 15 is 0 Å². The normalized spacial score (nSPS) is 20.0. The monoisotopic (exact) mass is 436 g/mol. The van der Waals surface area contributed by atoms with Gasteiger partial charge in [-0.1, -0.05) is 32.1 Å². The van der Waals surface area contributed by atoms with Crippen molar-refractivity contribution in [2.24, 2.45) is 10.9 Å². The molecule has 2 fully saturated rings. The predicted molar refractivity (Wildman–Crippen MR) is 106 cm³/mol. The lowest BCUT2D eigenvalue weighted by Crippen LogP contribution is -2.44. The molecule has 0 saturated heterocycles. The molecule has 0 aromatic heterocycles. The van der Waals surface area contributed by atoms with Crippen molar-refractivity contribution in [3.63, 3.8) is 0 Å². The highest BCUT2D eigenvalue weighted by molar-refractivity contribution is 14.0. The van der Waals surface area contributed by atoms with E-state index in [9.17, 15) is 4.79 Å². The van der Waals surface area contributed by atoms with E-state index in [1.165, 1.54) is 57.8 Å². The van der Waals surface area contributed by atoms with Crippen LogP contribution < -0.4 is 10.6 Å². The summed E-state index contributed by atoms with van der Waals surface area (Å²) in [5.74, 6) is 1.63. The first kappa shape index (κ1) is 20.5. The number of likely N-dealkylation sites (N-methyl/N-ethyl adjacent to an activating group) is 1. The van der Waals surface area contributed by atoms with Crippen LogP contribution >= 0.6 is 24.0 Å². The zero-order valence-electron chi connectivity index (χ0n) is 14.6. The minimum atomic E-state index is 0. The van der Waals surface area contributed by atoms with Crippen molar-refractivity contribution in [1.82, 2.24) is 15.5 Å². The Balaban J connectivity index is 0.00000264. The SMILES string of the molecule is CN(C)C(=O)CN=C(NCC1CCCCC1)NC1CCCC1.I. The molecule has 0 aromatic rings. The summed E-state index contributed by atoms with van der Waals surface area (Å²) in [5, 5.41) is 7.00. The molecule has 2 aliphatic rings. The Bertz CT molecular complexity index is 375. The van der Waals surface area contributed by atoms with Crippen LogP contribution in [0, 0.1) is 5.92 Å². The van der Waals surface area contributed by atoms with Crippen molar-refractivity contribution in [2.45, 2.75) is 63.8 Å². The van der Waals surface area contributed by atoms with Gasteiger partial charge in [0, 0.05) is 26.7 Å². The fourth-order valence-electron chi connectivity index (χ4n) is 3.34. The largest absolute Gasteiger partial charge is 0.356 e. The minimum Gasteiger partial charge on any atom is -0.356 e. The Kier molecular flexibility index (Phi) is 9.90. The summed E-state index contributed by atoms with van der Waals surface area (Å²) < 4.78 is 0. The van der Waals surface area contributed by atoms with Crippen LogP contribution in [0.4, 0.5) is 0 Å². The van der Waals surface area contributed by atoms with Gasteiger partial charge in [-0.3, -0.25) is 4.79 Å². The van der Waals surface area contributed by atoms with Gasteiger partial charge in [0.25, 0.3) is 0 Å². The van der Waals surface area contributed by atoms with E-state index < -0.39 is 0 Å². The van der Waals surface area contributed by atoms with Gasteiger partial charge < -0.3 is 15.5 Å². The average Bonchev–Trinajstić information content (AvgIpc) is 3.03. The molecular formula is C17H33IN4O. The lowest BCUT2D eigenvalue weighted by atomic mass is 9.89. The Labute approximate surface area is 158 Å². The molecule has 2 aliphatic carbocycles. The zero-order chi connectivity index (χ0) is 15.8. The van der Waals surface area contributed by atoms with Gasteiger partial charge in [0.1, 0.15) is 6.54 Å². The Hall–Kier alpha value is -0.530. The molecule has 6 heteroatoms. The van der Waals surface area contributed by atoms with Crippen molar-refractivity contribution in [1.29, 1.82) is 0 Å². The fraction of sp³-hybridized carbons (Fsp3) is 0.882. The first-order valence-electron chi connectivity index (χ1n) is 8.90. The second-order valence-electron chi connectivity index (χ2n) is 6.96. The number of halogens is 1. The van der Waals surface area contributed by atoms with E-state index in [1.54, 1.807) is 19.0 Å². The van der Waals surface area contributed by atoms with Gasteiger partial charge >= 0.3 is 0 Å². The fourth-order valence-corrected chi connectivity index (χ4v) is 3.34. The smallest absolute Gasteiger partial charge is 0.243 e. The number of carbonyl (C=O) groups is 1. The lowest BCUT2D eigenvalue weighted by molar-refractivity contribution is -0.127. The zero-order valence-corrected chi connectivity index (χ0v) is 17.0. The second kappa shape index (κ2) is 11.1. The molecular weight excluding hydrogens is 403 g/mol. The van der Waals surface area contributed by atoms with Crippen molar-refractivity contribution in [3.8, 4) is 0 Å². The van der Waals surface area contributed by atoms with Crippen LogP contribution in [0.2, 0.25) is 0 Å². The Morgan fingerprint density at radius 2 is 1.65 bits per heavy atom. The number of amides is 1. The van der Waals surface area contributed by atoms with Gasteiger partial charge in [-0.25, -0.2) is 4.99 Å². The molecule has 1 amide bonds. The maximum Gasteiger partial charge on any atom is 0.243 e. The second-order valence-corrected chi connectivity index (χ2v) is 6.96. The summed E-state index contributed by atoms with van der Waals surface area (Å²) in [4.78, 5) is 17.8. The summed E-state index contributed by atoms with van der Waals surface area (Å²) in [6.07, 6.45) is 11.8. The minimum absolute atomic E-state index is 0. The molecule has 0 spiro atoms. The van der Waals surface area contributed by atoms with Crippen molar-refractivity contribution < 1.29 is 4.79 Å². The molecule has 0 aliphatic heterocycles. The van der Waals surface area contributed by atoms with Gasteiger partial charge in [0.2, 0.25) is 5.91 Å². The number of nitrogens with one attached hydrogen (secondary N) is 2. The number of hydrogen-bond acceptors (Lipinski definition) is 2. The highest BCUT2D eigenvalue weighted by atomic mass is 127. The number of guanidine groups is 1. The van der Waals surface area contributed by atoms with E-state index in [0.29, 0.717) is 6.04 Å². The van der Waals surface area contributed by atoms with Crippen molar-refractivity contribution in [3.05, 3.63) is 0 Å². The van der Waals surface area contributed by atoms with Crippen LogP contribution in [-0.2, 0) is 4.79 Å². The maximum absolute atomic E-state index is 11.8. The molecule has 0 atom stereocenters. The molecule has 5 nitrogen and oxygen atoms in total. The first-order valence-corrected chi connectivity index (χ1v) is 8.90. The Morgan fingerprint density at radius 3 is 2.26 bits per heavy atom. The first-order chi connectivity index (χ1) is 10.6. The van der Waals surface area contributed by atoms with Gasteiger partial charge in [0.05, 0.1) is 0 Å². The molecule has 2 saturated carbocycles. The third-order valence-corrected chi connectivity index (χ3v) is 4.85. The Morgan fingerprint density at radius 1 is 1.04 bits per heavy atom. The molecule has 134 valence electrons. The molecule has 2 rings (SSSR count). The van der Waals surface area contributed by atoms with Crippen LogP contribution in [0.1, 0.15) is 57.8 Å². The van der Waals surface area contributed by atoms with Crippen molar-refractivity contribution >= 4 is 35.8 Å². The number of carbonyl (C=O) groups excluding carboxylic acids is 1. The van der Waals surface area contributed by atoms with Crippen LogP contribution in [0.15, 0.2) is 4.99 Å². The number of hydrogen-bond donors (Lipinski definition) is 2. The average molecular weight is 436 g/mol. The summed E-state index contributed by atoms with van der Waals surface area (Å²) in [6.45, 7) is 1.20. The van der Waals surface area contributed by atoms with E-state index in [2.05, 4.69) is 15.6 Å². The lowest BCUT2D eigenvalue weighted by Gasteiger charge is -2.24. The summed E-state index contributed by atoms with van der Waals surface area (Å²) in [7, 11) is 3.55. The van der Waals surface area contributed by atoms with Crippen molar-refractivity contribution in [2.75, 3.05) is 27.2 Å². The highest BCUT2D eigenvalue weighted by Gasteiger charge is 2.18. The number of aliphatic imine (C=N–C) groups is 1. The standard InChI is InChI=1S/C17H32N4O.HI/c1-21(2)16(22)13-19-17(20-15-10-6-7-11-15)18-12-14-8-4-3-5-9-14;/h14-15H,3-13H2,1-2H3,(H2,18,19,20);1H. The molecule has 0 heterocycles. The number of rotatable bonds is 5. The summed E-state index contributed by atoms with van der Waals surface area (Å²) >= 11 is 0. The molecule has 2 N–H and O–H groups in total. The van der Waals surface area contributed by atoms with E-state index in [0.717, 1.165) is 18.4 Å². The van der Waals surface area contributed by atoms with Crippen LogP contribution in [0.3, 0.4) is 0 Å². The third-order valence-electron chi connectivity index (χ3n) is 4.85. The summed E-state index contributed by atoms with van der Waals surface area (Å²) in [6, 6.07) is 0.520. The van der Waals surface area contributed by atoms with Crippen LogP contribution in [-0.4, -0.2) is 50.0 Å². The summed E-state index contributed by atoms with van der Waals surface area (Å²) in [5.41, 5.74) is 0. The highest BCUT2D eigenvalue weighted by Crippen LogP contribution is 2.22. The quantitative estimate of drug-likeness (QED) is 0.396. The van der Waals surface area contributed by atoms with Gasteiger partial charge in [-0.2, -0.15) is 0 Å².